The third kappa shape index (κ3) is 5.16. The predicted octanol–water partition coefficient (Wildman–Crippen LogP) is 2.96. The van der Waals surface area contributed by atoms with Crippen molar-refractivity contribution in [1.29, 1.82) is 0 Å². The Morgan fingerprint density at radius 3 is 3.00 bits per heavy atom. The van der Waals surface area contributed by atoms with Gasteiger partial charge in [0.15, 0.2) is 11.6 Å². The fourth-order valence-electron chi connectivity index (χ4n) is 2.47. The van der Waals surface area contributed by atoms with Gasteiger partial charge in [-0.05, 0) is 48.9 Å². The van der Waals surface area contributed by atoms with Crippen molar-refractivity contribution in [3.8, 4) is 5.75 Å². The summed E-state index contributed by atoms with van der Waals surface area (Å²) in [7, 11) is 0. The van der Waals surface area contributed by atoms with Crippen LogP contribution in [-0.4, -0.2) is 27.6 Å². The first-order chi connectivity index (χ1) is 12.6. The lowest BCUT2D eigenvalue weighted by Gasteiger charge is -2.08. The van der Waals surface area contributed by atoms with Gasteiger partial charge in [-0.25, -0.2) is 4.98 Å². The van der Waals surface area contributed by atoms with Crippen LogP contribution in [0.4, 0.5) is 0 Å². The van der Waals surface area contributed by atoms with Crippen LogP contribution in [0.5, 0.6) is 5.75 Å². The molecule has 1 aromatic carbocycles. The summed E-state index contributed by atoms with van der Waals surface area (Å²) < 4.78 is 5.80. The van der Waals surface area contributed by atoms with Crippen LogP contribution in [0.15, 0.2) is 35.7 Å². The van der Waals surface area contributed by atoms with Gasteiger partial charge in [0.1, 0.15) is 12.4 Å². The molecule has 0 saturated carbocycles. The van der Waals surface area contributed by atoms with Gasteiger partial charge in [-0.2, -0.15) is 5.10 Å². The van der Waals surface area contributed by atoms with Gasteiger partial charge in [-0.15, -0.1) is 11.3 Å². The van der Waals surface area contributed by atoms with Crippen LogP contribution in [0.3, 0.4) is 0 Å². The van der Waals surface area contributed by atoms with Crippen molar-refractivity contribution in [2.75, 3.05) is 6.54 Å². The van der Waals surface area contributed by atoms with E-state index >= 15 is 0 Å². The number of carbonyl (C=O) groups excluding carboxylic acids is 1. The Morgan fingerprint density at radius 2 is 2.19 bits per heavy atom. The molecule has 2 N–H and O–H groups in total. The van der Waals surface area contributed by atoms with E-state index in [1.165, 1.54) is 4.88 Å². The lowest BCUT2D eigenvalue weighted by molar-refractivity contribution is -0.120. The number of amides is 1. The van der Waals surface area contributed by atoms with Crippen LogP contribution in [0.25, 0.3) is 0 Å². The Hall–Kier alpha value is -2.67. The normalized spacial score (nSPS) is 10.7. The van der Waals surface area contributed by atoms with E-state index in [9.17, 15) is 4.79 Å². The second-order valence-electron chi connectivity index (χ2n) is 6.11. The van der Waals surface area contributed by atoms with E-state index in [2.05, 4.69) is 26.6 Å². The molecule has 0 atom stereocenters. The standard InChI is InChI=1S/C19H22N4O2S/c1-13-5-6-14(2)16(10-13)25-12-18-21-17(22-23-18)11-19(24)20-8-7-15-4-3-9-26-15/h3-6,9-10H,7-8,11-12H2,1-2H3,(H,20,24)(H,21,22,23). The van der Waals surface area contributed by atoms with Crippen molar-refractivity contribution >= 4 is 17.2 Å². The van der Waals surface area contributed by atoms with Crippen LogP contribution < -0.4 is 10.1 Å². The van der Waals surface area contributed by atoms with Gasteiger partial charge in [-0.1, -0.05) is 18.2 Å². The van der Waals surface area contributed by atoms with Gasteiger partial charge in [0, 0.05) is 11.4 Å². The molecule has 0 aliphatic rings. The van der Waals surface area contributed by atoms with Crippen molar-refractivity contribution < 1.29 is 9.53 Å². The Labute approximate surface area is 156 Å². The maximum absolute atomic E-state index is 12.0. The average Bonchev–Trinajstić information content (AvgIpc) is 3.28. The zero-order chi connectivity index (χ0) is 18.4. The minimum absolute atomic E-state index is 0.0810. The van der Waals surface area contributed by atoms with E-state index in [0.29, 0.717) is 18.2 Å². The number of H-pyrrole nitrogens is 1. The van der Waals surface area contributed by atoms with E-state index in [-0.39, 0.29) is 18.9 Å². The summed E-state index contributed by atoms with van der Waals surface area (Å²) in [5.74, 6) is 1.82. The number of thiophene rings is 1. The van der Waals surface area contributed by atoms with Gasteiger partial charge in [0.05, 0.1) is 6.42 Å². The van der Waals surface area contributed by atoms with Crippen LogP contribution in [0, 0.1) is 13.8 Å². The summed E-state index contributed by atoms with van der Waals surface area (Å²) in [4.78, 5) is 17.6. The van der Waals surface area contributed by atoms with Crippen molar-refractivity contribution in [2.45, 2.75) is 33.3 Å². The maximum atomic E-state index is 12.0. The predicted molar refractivity (Wildman–Crippen MR) is 101 cm³/mol. The molecule has 3 rings (SSSR count). The molecule has 2 heterocycles. The van der Waals surface area contributed by atoms with Crippen molar-refractivity contribution in [1.82, 2.24) is 20.5 Å². The van der Waals surface area contributed by atoms with E-state index < -0.39 is 0 Å². The van der Waals surface area contributed by atoms with Crippen molar-refractivity contribution in [2.24, 2.45) is 0 Å². The molecular weight excluding hydrogens is 348 g/mol. The maximum Gasteiger partial charge on any atom is 0.227 e. The first-order valence-electron chi connectivity index (χ1n) is 8.49. The number of aromatic amines is 1. The number of ether oxygens (including phenoxy) is 1. The number of nitrogens with zero attached hydrogens (tertiary/aromatic N) is 2. The molecular formula is C19H22N4O2S. The Bertz CT molecular complexity index is 858. The molecule has 0 aliphatic heterocycles. The second-order valence-corrected chi connectivity index (χ2v) is 7.14. The zero-order valence-electron chi connectivity index (χ0n) is 14.9. The van der Waals surface area contributed by atoms with E-state index in [0.717, 1.165) is 23.3 Å². The highest BCUT2D eigenvalue weighted by molar-refractivity contribution is 7.09. The summed E-state index contributed by atoms with van der Waals surface area (Å²) in [5.41, 5.74) is 2.21. The number of aryl methyl sites for hydroxylation is 2. The van der Waals surface area contributed by atoms with Crippen LogP contribution in [0.2, 0.25) is 0 Å². The smallest absolute Gasteiger partial charge is 0.227 e. The molecule has 26 heavy (non-hydrogen) atoms. The van der Waals surface area contributed by atoms with E-state index in [1.54, 1.807) is 11.3 Å². The van der Waals surface area contributed by atoms with Crippen LogP contribution >= 0.6 is 11.3 Å². The molecule has 0 radical (unpaired) electrons. The molecule has 0 fully saturated rings. The number of hydrogen-bond acceptors (Lipinski definition) is 5. The highest BCUT2D eigenvalue weighted by Crippen LogP contribution is 2.19. The van der Waals surface area contributed by atoms with Gasteiger partial charge < -0.3 is 10.1 Å². The van der Waals surface area contributed by atoms with Gasteiger partial charge in [0.2, 0.25) is 5.91 Å². The van der Waals surface area contributed by atoms with E-state index in [4.69, 9.17) is 4.74 Å². The Morgan fingerprint density at radius 1 is 1.31 bits per heavy atom. The second kappa shape index (κ2) is 8.62. The van der Waals surface area contributed by atoms with E-state index in [1.807, 2.05) is 43.5 Å². The zero-order valence-corrected chi connectivity index (χ0v) is 15.7. The molecule has 0 aliphatic carbocycles. The first kappa shape index (κ1) is 18.1. The molecule has 136 valence electrons. The minimum Gasteiger partial charge on any atom is -0.485 e. The Kier molecular flexibility index (Phi) is 6.01. The lowest BCUT2D eigenvalue weighted by Crippen LogP contribution is -2.27. The number of rotatable bonds is 8. The first-order valence-corrected chi connectivity index (χ1v) is 9.37. The lowest BCUT2D eigenvalue weighted by atomic mass is 10.1. The van der Waals surface area contributed by atoms with Crippen molar-refractivity contribution in [3.63, 3.8) is 0 Å². The fourth-order valence-corrected chi connectivity index (χ4v) is 3.18. The number of aromatic nitrogens is 3. The highest BCUT2D eigenvalue weighted by Gasteiger charge is 2.10. The molecule has 0 bridgehead atoms. The molecule has 0 spiro atoms. The van der Waals surface area contributed by atoms with Crippen LogP contribution in [0.1, 0.15) is 27.7 Å². The number of nitrogens with one attached hydrogen (secondary N) is 2. The Balaban J connectivity index is 1.45. The molecule has 6 nitrogen and oxygen atoms in total. The third-order valence-corrected chi connectivity index (χ3v) is 4.81. The average molecular weight is 370 g/mol. The summed E-state index contributed by atoms with van der Waals surface area (Å²) in [6.07, 6.45) is 0.997. The highest BCUT2D eigenvalue weighted by atomic mass is 32.1. The van der Waals surface area contributed by atoms with Gasteiger partial charge in [-0.3, -0.25) is 9.89 Å². The minimum atomic E-state index is -0.0810. The summed E-state index contributed by atoms with van der Waals surface area (Å²) in [6, 6.07) is 10.1. The molecule has 0 unspecified atom stereocenters. The monoisotopic (exact) mass is 370 g/mol. The fraction of sp³-hybridized carbons (Fsp3) is 0.316. The van der Waals surface area contributed by atoms with Crippen molar-refractivity contribution in [3.05, 3.63) is 63.4 Å². The SMILES string of the molecule is Cc1ccc(C)c(OCc2nc(CC(=O)NCCc3cccs3)n[nH]2)c1. The summed E-state index contributed by atoms with van der Waals surface area (Å²) >= 11 is 1.69. The largest absolute Gasteiger partial charge is 0.485 e. The number of benzene rings is 1. The molecule has 7 heteroatoms. The van der Waals surface area contributed by atoms with Gasteiger partial charge >= 0.3 is 0 Å². The van der Waals surface area contributed by atoms with Gasteiger partial charge in [0.25, 0.3) is 0 Å². The number of carbonyl (C=O) groups is 1. The third-order valence-electron chi connectivity index (χ3n) is 3.88. The molecule has 1 amide bonds. The molecule has 3 aromatic rings. The quantitative estimate of drug-likeness (QED) is 0.639. The van der Waals surface area contributed by atoms with Crippen LogP contribution in [-0.2, 0) is 24.2 Å². The molecule has 0 saturated heterocycles. The topological polar surface area (TPSA) is 79.9 Å². The molecule has 2 aromatic heterocycles. The summed E-state index contributed by atoms with van der Waals surface area (Å²) in [5, 5.41) is 11.8. The summed E-state index contributed by atoms with van der Waals surface area (Å²) in [6.45, 7) is 4.93. The number of hydrogen-bond donors (Lipinski definition) is 2.